The molecule has 0 aliphatic heterocycles. The van der Waals surface area contributed by atoms with Gasteiger partial charge >= 0.3 is 6.61 Å². The Hall–Kier alpha value is -2.78. The van der Waals surface area contributed by atoms with Crippen LogP contribution in [0.1, 0.15) is 15.2 Å². The van der Waals surface area contributed by atoms with Gasteiger partial charge in [-0.1, -0.05) is 22.9 Å². The van der Waals surface area contributed by atoms with Crippen LogP contribution in [-0.4, -0.2) is 22.4 Å². The number of nitrogens with one attached hydrogen (secondary N) is 1. The van der Waals surface area contributed by atoms with Gasteiger partial charge in [0.05, 0.1) is 11.9 Å². The van der Waals surface area contributed by atoms with Crippen LogP contribution in [0.5, 0.6) is 5.88 Å². The highest BCUT2D eigenvalue weighted by Gasteiger charge is 2.18. The van der Waals surface area contributed by atoms with E-state index in [0.717, 1.165) is 11.3 Å². The first-order chi connectivity index (χ1) is 12.4. The van der Waals surface area contributed by atoms with Crippen LogP contribution >= 0.6 is 22.9 Å². The summed E-state index contributed by atoms with van der Waals surface area (Å²) >= 11 is 6.88. The number of halogens is 3. The lowest BCUT2D eigenvalue weighted by Crippen LogP contribution is -2.03. The molecule has 0 unspecified atom stereocenters. The lowest BCUT2D eigenvalue weighted by molar-refractivity contribution is -0.0528. The number of hydrogen-bond donors (Lipinski definition) is 2. The minimum Gasteiger partial charge on any atom is -0.417 e. The van der Waals surface area contributed by atoms with Gasteiger partial charge in [-0.25, -0.2) is 9.97 Å². The molecule has 134 valence electrons. The number of ether oxygens (including phenoxy) is 1. The predicted molar refractivity (Wildman–Crippen MR) is 95.6 cm³/mol. The zero-order valence-electron chi connectivity index (χ0n) is 12.9. The first-order valence-corrected chi connectivity index (χ1v) is 8.36. The van der Waals surface area contributed by atoms with Crippen molar-refractivity contribution in [3.63, 3.8) is 0 Å². The van der Waals surface area contributed by atoms with Crippen molar-refractivity contribution >= 4 is 45.4 Å². The van der Waals surface area contributed by atoms with E-state index < -0.39 is 6.61 Å². The van der Waals surface area contributed by atoms with Crippen molar-refractivity contribution < 1.29 is 18.3 Å². The minimum atomic E-state index is -2.94. The third kappa shape index (κ3) is 4.24. The van der Waals surface area contributed by atoms with E-state index in [-0.39, 0.29) is 22.4 Å². The van der Waals surface area contributed by atoms with Crippen LogP contribution in [0.3, 0.4) is 0 Å². The maximum atomic E-state index is 12.5. The maximum Gasteiger partial charge on any atom is 0.388 e. The molecule has 6 nitrogen and oxygen atoms in total. The highest BCUT2D eigenvalue weighted by molar-refractivity contribution is 7.18. The van der Waals surface area contributed by atoms with Gasteiger partial charge in [0.2, 0.25) is 11.7 Å². The zero-order valence-corrected chi connectivity index (χ0v) is 14.5. The SMILES string of the molecule is Nc1nc(Nc2ccc(OC(F)F)nc2)sc1C(=O)c1ccc(Cl)cc1. The van der Waals surface area contributed by atoms with Gasteiger partial charge in [-0.3, -0.25) is 4.79 Å². The van der Waals surface area contributed by atoms with E-state index in [1.807, 2.05) is 0 Å². The number of carbonyl (C=O) groups excluding carboxylic acids is 1. The van der Waals surface area contributed by atoms with E-state index in [1.165, 1.54) is 18.3 Å². The topological polar surface area (TPSA) is 90.1 Å². The Morgan fingerprint density at radius 2 is 1.96 bits per heavy atom. The fourth-order valence-corrected chi connectivity index (χ4v) is 3.01. The lowest BCUT2D eigenvalue weighted by Gasteiger charge is -2.05. The van der Waals surface area contributed by atoms with Crippen molar-refractivity contribution in [1.29, 1.82) is 0 Å². The van der Waals surface area contributed by atoms with Gasteiger partial charge in [0.1, 0.15) is 10.7 Å². The van der Waals surface area contributed by atoms with E-state index in [0.29, 0.717) is 21.4 Å². The van der Waals surface area contributed by atoms with Gasteiger partial charge in [-0.05, 0) is 30.3 Å². The molecule has 2 aromatic heterocycles. The van der Waals surface area contributed by atoms with Gasteiger partial charge in [0.25, 0.3) is 0 Å². The molecular formula is C16H11ClF2N4O2S. The number of hydrogen-bond acceptors (Lipinski definition) is 7. The molecule has 0 aliphatic carbocycles. The van der Waals surface area contributed by atoms with Crippen molar-refractivity contribution in [1.82, 2.24) is 9.97 Å². The quantitative estimate of drug-likeness (QED) is 0.602. The van der Waals surface area contributed by atoms with Gasteiger partial charge in [-0.15, -0.1) is 0 Å². The Balaban J connectivity index is 1.75. The summed E-state index contributed by atoms with van der Waals surface area (Å²) in [5.74, 6) is -0.394. The number of aromatic nitrogens is 2. The molecular weight excluding hydrogens is 386 g/mol. The third-order valence-electron chi connectivity index (χ3n) is 3.16. The highest BCUT2D eigenvalue weighted by Crippen LogP contribution is 2.30. The molecule has 0 fully saturated rings. The summed E-state index contributed by atoms with van der Waals surface area (Å²) in [6.45, 7) is -2.94. The average molecular weight is 397 g/mol. The average Bonchev–Trinajstić information content (AvgIpc) is 2.96. The summed E-state index contributed by atoms with van der Waals surface area (Å²) in [6, 6.07) is 9.19. The zero-order chi connectivity index (χ0) is 18.7. The van der Waals surface area contributed by atoms with Crippen molar-refractivity contribution in [3.8, 4) is 5.88 Å². The molecule has 1 aromatic carbocycles. The monoisotopic (exact) mass is 396 g/mol. The number of rotatable bonds is 6. The maximum absolute atomic E-state index is 12.5. The van der Waals surface area contributed by atoms with Crippen molar-refractivity contribution in [3.05, 3.63) is 58.1 Å². The molecule has 10 heteroatoms. The van der Waals surface area contributed by atoms with Crippen molar-refractivity contribution in [2.24, 2.45) is 0 Å². The van der Waals surface area contributed by atoms with Crippen LogP contribution in [0.4, 0.5) is 25.4 Å². The number of carbonyl (C=O) groups is 1. The molecule has 0 spiro atoms. The summed E-state index contributed by atoms with van der Waals surface area (Å²) in [7, 11) is 0. The fourth-order valence-electron chi connectivity index (χ4n) is 2.02. The third-order valence-corrected chi connectivity index (χ3v) is 4.40. The molecule has 3 aromatic rings. The first kappa shape index (κ1) is 18.0. The molecule has 2 heterocycles. The van der Waals surface area contributed by atoms with Gasteiger partial charge < -0.3 is 15.8 Å². The Morgan fingerprint density at radius 1 is 1.23 bits per heavy atom. The standard InChI is InChI=1S/C16H11ClF2N4O2S/c17-9-3-1-8(2-4-9)12(24)13-14(20)23-16(26-13)22-10-5-6-11(21-7-10)25-15(18)19/h1-7,15H,20H2,(H,22,23). The van der Waals surface area contributed by atoms with Crippen LogP contribution in [0.2, 0.25) is 5.02 Å². The number of benzene rings is 1. The largest absolute Gasteiger partial charge is 0.417 e. The summed E-state index contributed by atoms with van der Waals surface area (Å²) in [6.07, 6.45) is 1.30. The Morgan fingerprint density at radius 3 is 2.58 bits per heavy atom. The van der Waals surface area contributed by atoms with E-state index in [4.69, 9.17) is 17.3 Å². The van der Waals surface area contributed by atoms with Gasteiger partial charge in [-0.2, -0.15) is 8.78 Å². The fraction of sp³-hybridized carbons (Fsp3) is 0.0625. The van der Waals surface area contributed by atoms with Gasteiger partial charge in [0.15, 0.2) is 5.13 Å². The number of nitrogen functional groups attached to an aromatic ring is 1. The highest BCUT2D eigenvalue weighted by atomic mass is 35.5. The van der Waals surface area contributed by atoms with Crippen LogP contribution in [0, 0.1) is 0 Å². The lowest BCUT2D eigenvalue weighted by atomic mass is 10.1. The number of pyridine rings is 1. The molecule has 0 saturated carbocycles. The molecule has 0 aliphatic rings. The van der Waals surface area contributed by atoms with E-state index in [1.54, 1.807) is 24.3 Å². The van der Waals surface area contributed by atoms with Crippen molar-refractivity contribution in [2.75, 3.05) is 11.1 Å². The van der Waals surface area contributed by atoms with Gasteiger partial charge in [0, 0.05) is 16.7 Å². The second kappa shape index (κ2) is 7.63. The summed E-state index contributed by atoms with van der Waals surface area (Å²) < 4.78 is 28.4. The Kier molecular flexibility index (Phi) is 5.29. The van der Waals surface area contributed by atoms with E-state index in [9.17, 15) is 13.6 Å². The second-order valence-corrected chi connectivity index (χ2v) is 6.39. The number of ketones is 1. The van der Waals surface area contributed by atoms with Crippen molar-refractivity contribution in [2.45, 2.75) is 6.61 Å². The molecule has 0 bridgehead atoms. The van der Waals surface area contributed by atoms with Crippen LogP contribution < -0.4 is 15.8 Å². The normalized spacial score (nSPS) is 10.8. The number of anilines is 3. The minimum absolute atomic E-state index is 0.0862. The van der Waals surface area contributed by atoms with Crippen LogP contribution in [0.25, 0.3) is 0 Å². The first-order valence-electron chi connectivity index (χ1n) is 7.17. The Bertz CT molecular complexity index is 917. The summed E-state index contributed by atoms with van der Waals surface area (Å²) in [5, 5.41) is 3.80. The smallest absolute Gasteiger partial charge is 0.388 e. The number of thiazole rings is 1. The number of nitrogens with zero attached hydrogens (tertiary/aromatic N) is 2. The predicted octanol–water partition coefficient (Wildman–Crippen LogP) is 4.35. The van der Waals surface area contributed by atoms with Crippen LogP contribution in [-0.2, 0) is 0 Å². The molecule has 0 atom stereocenters. The number of nitrogens with two attached hydrogens (primary N) is 1. The van der Waals surface area contributed by atoms with Crippen LogP contribution in [0.15, 0.2) is 42.6 Å². The second-order valence-electron chi connectivity index (χ2n) is 4.96. The van der Waals surface area contributed by atoms with E-state index >= 15 is 0 Å². The summed E-state index contributed by atoms with van der Waals surface area (Å²) in [4.78, 5) is 20.6. The molecule has 0 amide bonds. The summed E-state index contributed by atoms with van der Waals surface area (Å²) in [5.41, 5.74) is 6.75. The number of alkyl halides is 2. The molecule has 0 saturated heterocycles. The molecule has 3 N–H and O–H groups in total. The van der Waals surface area contributed by atoms with E-state index in [2.05, 4.69) is 20.0 Å². The Labute approximate surface area is 155 Å². The molecule has 0 radical (unpaired) electrons. The molecule has 3 rings (SSSR count). The molecule has 26 heavy (non-hydrogen) atoms.